The molecule has 0 unspecified atom stereocenters. The van der Waals surface area contributed by atoms with Gasteiger partial charge in [0.25, 0.3) is 5.89 Å². The van der Waals surface area contributed by atoms with Gasteiger partial charge in [0.2, 0.25) is 5.82 Å². The van der Waals surface area contributed by atoms with Crippen molar-refractivity contribution in [3.8, 4) is 29.0 Å². The minimum Gasteiger partial charge on any atom is -0.333 e. The molecule has 0 aliphatic rings. The molecule has 0 saturated heterocycles. The van der Waals surface area contributed by atoms with Gasteiger partial charge in [-0.15, -0.1) is 0 Å². The van der Waals surface area contributed by atoms with Crippen LogP contribution in [0.15, 0.2) is 23.0 Å². The SMILES string of the molecule is N#Cc1[nH]ncc1-c1nc(-c2ncc(Cl)cc2Cl)no1. The van der Waals surface area contributed by atoms with Crippen molar-refractivity contribution >= 4 is 23.2 Å². The number of nitrogens with zero attached hydrogens (tertiary/aromatic N) is 5. The summed E-state index contributed by atoms with van der Waals surface area (Å²) in [5, 5.41) is 19.7. The van der Waals surface area contributed by atoms with Crippen LogP contribution in [0.3, 0.4) is 0 Å². The number of hydrogen-bond acceptors (Lipinski definition) is 6. The van der Waals surface area contributed by atoms with Gasteiger partial charge in [0.05, 0.1) is 21.8 Å². The second-order valence-electron chi connectivity index (χ2n) is 3.68. The van der Waals surface area contributed by atoms with Gasteiger partial charge in [0, 0.05) is 6.20 Å². The van der Waals surface area contributed by atoms with Gasteiger partial charge in [-0.3, -0.25) is 5.10 Å². The van der Waals surface area contributed by atoms with E-state index >= 15 is 0 Å². The molecule has 7 nitrogen and oxygen atoms in total. The zero-order valence-corrected chi connectivity index (χ0v) is 11.1. The molecule has 0 aliphatic heterocycles. The van der Waals surface area contributed by atoms with E-state index < -0.39 is 0 Å². The number of H-pyrrole nitrogens is 1. The molecule has 0 saturated carbocycles. The van der Waals surface area contributed by atoms with Crippen LogP contribution in [0.2, 0.25) is 10.0 Å². The molecule has 0 aliphatic carbocycles. The van der Waals surface area contributed by atoms with Crippen LogP contribution in [0.1, 0.15) is 5.69 Å². The number of aromatic amines is 1. The summed E-state index contributed by atoms with van der Waals surface area (Å²) in [5.74, 6) is 0.352. The van der Waals surface area contributed by atoms with Gasteiger partial charge in [0.15, 0.2) is 0 Å². The lowest BCUT2D eigenvalue weighted by Crippen LogP contribution is -1.87. The highest BCUT2D eigenvalue weighted by atomic mass is 35.5. The summed E-state index contributed by atoms with van der Waals surface area (Å²) >= 11 is 11.8. The highest BCUT2D eigenvalue weighted by Crippen LogP contribution is 2.28. The molecule has 3 aromatic heterocycles. The molecule has 20 heavy (non-hydrogen) atoms. The third-order valence-corrected chi connectivity index (χ3v) is 2.92. The van der Waals surface area contributed by atoms with E-state index in [1.807, 2.05) is 6.07 Å². The van der Waals surface area contributed by atoms with Crippen molar-refractivity contribution < 1.29 is 4.52 Å². The van der Waals surface area contributed by atoms with Gasteiger partial charge >= 0.3 is 0 Å². The van der Waals surface area contributed by atoms with E-state index in [0.717, 1.165) is 0 Å². The van der Waals surface area contributed by atoms with Crippen molar-refractivity contribution in [3.63, 3.8) is 0 Å². The van der Waals surface area contributed by atoms with E-state index in [-0.39, 0.29) is 17.4 Å². The Morgan fingerprint density at radius 3 is 2.90 bits per heavy atom. The van der Waals surface area contributed by atoms with E-state index in [1.54, 1.807) is 0 Å². The Kier molecular flexibility index (Phi) is 3.10. The monoisotopic (exact) mass is 306 g/mol. The second-order valence-corrected chi connectivity index (χ2v) is 4.52. The Labute approximate surface area is 122 Å². The predicted molar refractivity (Wildman–Crippen MR) is 69.8 cm³/mol. The molecule has 9 heteroatoms. The molecule has 0 atom stereocenters. The van der Waals surface area contributed by atoms with Crippen molar-refractivity contribution in [2.24, 2.45) is 0 Å². The zero-order valence-electron chi connectivity index (χ0n) is 9.63. The third-order valence-electron chi connectivity index (χ3n) is 2.43. The Morgan fingerprint density at radius 2 is 2.15 bits per heavy atom. The average Bonchev–Trinajstić information content (AvgIpc) is 3.06. The van der Waals surface area contributed by atoms with Crippen LogP contribution in [0.4, 0.5) is 0 Å². The van der Waals surface area contributed by atoms with Crippen molar-refractivity contribution in [2.45, 2.75) is 0 Å². The van der Waals surface area contributed by atoms with E-state index in [2.05, 4.69) is 25.3 Å². The number of nitriles is 1. The number of halogens is 2. The first kappa shape index (κ1) is 12.6. The number of pyridine rings is 1. The van der Waals surface area contributed by atoms with E-state index in [0.29, 0.717) is 21.3 Å². The first-order chi connectivity index (χ1) is 9.69. The molecule has 3 aromatic rings. The van der Waals surface area contributed by atoms with Gasteiger partial charge in [-0.25, -0.2) is 4.98 Å². The summed E-state index contributed by atoms with van der Waals surface area (Å²) < 4.78 is 5.09. The van der Waals surface area contributed by atoms with Gasteiger partial charge < -0.3 is 4.52 Å². The summed E-state index contributed by atoms with van der Waals surface area (Å²) in [6, 6.07) is 3.46. The lowest BCUT2D eigenvalue weighted by atomic mass is 10.2. The third kappa shape index (κ3) is 2.11. The molecule has 0 aromatic carbocycles. The summed E-state index contributed by atoms with van der Waals surface area (Å²) in [6.07, 6.45) is 2.85. The van der Waals surface area contributed by atoms with E-state index in [1.165, 1.54) is 18.5 Å². The van der Waals surface area contributed by atoms with Gasteiger partial charge in [0.1, 0.15) is 17.5 Å². The lowest BCUT2D eigenvalue weighted by molar-refractivity contribution is 0.432. The average molecular weight is 307 g/mol. The summed E-state index contributed by atoms with van der Waals surface area (Å²) in [4.78, 5) is 8.19. The zero-order chi connectivity index (χ0) is 14.1. The number of aromatic nitrogens is 5. The minimum absolute atomic E-state index is 0.151. The standard InChI is InChI=1S/C11H4Cl2N6O/c12-5-1-7(13)9(15-3-5)10-17-11(20-19-10)6-4-16-18-8(6)2-14/h1,3-4H,(H,16,18). The lowest BCUT2D eigenvalue weighted by Gasteiger charge is -1.97. The smallest absolute Gasteiger partial charge is 0.262 e. The summed E-state index contributed by atoms with van der Waals surface area (Å²) in [7, 11) is 0. The van der Waals surface area contributed by atoms with Gasteiger partial charge in [-0.2, -0.15) is 15.3 Å². The highest BCUT2D eigenvalue weighted by molar-refractivity contribution is 6.35. The molecule has 0 fully saturated rings. The minimum atomic E-state index is 0.151. The maximum Gasteiger partial charge on any atom is 0.262 e. The van der Waals surface area contributed by atoms with Crippen LogP contribution in [0, 0.1) is 11.3 Å². The number of hydrogen-bond donors (Lipinski definition) is 1. The van der Waals surface area contributed by atoms with Gasteiger partial charge in [-0.1, -0.05) is 28.4 Å². The Balaban J connectivity index is 2.05. The first-order valence-corrected chi connectivity index (χ1v) is 6.03. The second kappa shape index (κ2) is 4.92. The molecule has 0 radical (unpaired) electrons. The predicted octanol–water partition coefficient (Wildman–Crippen LogP) is 2.70. The van der Waals surface area contributed by atoms with Gasteiger partial charge in [-0.05, 0) is 6.07 Å². The van der Waals surface area contributed by atoms with Crippen molar-refractivity contribution in [1.82, 2.24) is 25.3 Å². The first-order valence-electron chi connectivity index (χ1n) is 5.28. The van der Waals surface area contributed by atoms with Crippen LogP contribution >= 0.6 is 23.2 Å². The molecule has 3 rings (SSSR count). The maximum atomic E-state index is 8.91. The number of rotatable bonds is 2. The molecular formula is C11H4Cl2N6O. The van der Waals surface area contributed by atoms with Crippen molar-refractivity contribution in [1.29, 1.82) is 5.26 Å². The largest absolute Gasteiger partial charge is 0.333 e. The van der Waals surface area contributed by atoms with Crippen LogP contribution in [0.25, 0.3) is 23.0 Å². The fourth-order valence-electron chi connectivity index (χ4n) is 1.54. The molecule has 0 amide bonds. The molecule has 1 N–H and O–H groups in total. The van der Waals surface area contributed by atoms with Crippen molar-refractivity contribution in [2.75, 3.05) is 0 Å². The number of nitrogens with one attached hydrogen (secondary N) is 1. The Morgan fingerprint density at radius 1 is 1.30 bits per heavy atom. The summed E-state index contributed by atoms with van der Waals surface area (Å²) in [6.45, 7) is 0. The normalized spacial score (nSPS) is 10.4. The Hall–Kier alpha value is -2.43. The summed E-state index contributed by atoms with van der Waals surface area (Å²) in [5.41, 5.74) is 0.986. The molecular weight excluding hydrogens is 303 g/mol. The quantitative estimate of drug-likeness (QED) is 0.780. The molecule has 0 bridgehead atoms. The molecule has 98 valence electrons. The fraction of sp³-hybridized carbons (Fsp3) is 0. The van der Waals surface area contributed by atoms with Crippen LogP contribution in [0.5, 0.6) is 0 Å². The molecule has 0 spiro atoms. The van der Waals surface area contributed by atoms with Crippen LogP contribution in [-0.4, -0.2) is 25.3 Å². The van der Waals surface area contributed by atoms with Crippen LogP contribution < -0.4 is 0 Å². The van der Waals surface area contributed by atoms with E-state index in [9.17, 15) is 0 Å². The van der Waals surface area contributed by atoms with E-state index in [4.69, 9.17) is 33.0 Å². The highest BCUT2D eigenvalue weighted by Gasteiger charge is 2.18. The van der Waals surface area contributed by atoms with Crippen molar-refractivity contribution in [3.05, 3.63) is 34.2 Å². The maximum absolute atomic E-state index is 8.91. The molecule has 3 heterocycles. The Bertz CT molecular complexity index is 818. The topological polar surface area (TPSA) is 104 Å². The van der Waals surface area contributed by atoms with Crippen LogP contribution in [-0.2, 0) is 0 Å². The fourth-order valence-corrected chi connectivity index (χ4v) is 2.01.